The number of urea groups is 1. The zero-order chi connectivity index (χ0) is 67.7. The molecule has 4 aliphatic rings. The Morgan fingerprint density at radius 1 is 0.587 bits per heavy atom. The molecule has 3 aromatic carbocycles. The van der Waals surface area contributed by atoms with E-state index in [1.54, 1.807) is 13.8 Å². The van der Waals surface area contributed by atoms with Crippen LogP contribution in [-0.4, -0.2) is 190 Å². The first-order valence-corrected chi connectivity index (χ1v) is 37.4. The van der Waals surface area contributed by atoms with E-state index in [2.05, 4.69) is 10.1 Å². The zero-order valence-electron chi connectivity index (χ0n) is 54.7. The van der Waals surface area contributed by atoms with E-state index in [1.165, 1.54) is 57.3 Å². The van der Waals surface area contributed by atoms with Gasteiger partial charge in [0.15, 0.2) is 29.5 Å². The average molecular weight is 1350 g/mol. The van der Waals surface area contributed by atoms with Gasteiger partial charge in [0, 0.05) is 26.2 Å². The number of nitrogens with zero attached hydrogens (tertiary/aromatic N) is 2. The van der Waals surface area contributed by atoms with Crippen molar-refractivity contribution in [3.05, 3.63) is 89.5 Å². The molecule has 0 bridgehead atoms. The Balaban J connectivity index is 0.000000278. The third-order valence-electron chi connectivity index (χ3n) is 14.7. The molecule has 92 heavy (non-hydrogen) atoms. The predicted octanol–water partition coefficient (Wildman–Crippen LogP) is 8.61. The molecule has 4 amide bonds. The highest BCUT2D eigenvalue weighted by molar-refractivity contribution is 7.91. The van der Waals surface area contributed by atoms with Crippen LogP contribution < -0.4 is 19.5 Å². The first kappa shape index (κ1) is 78.3. The molecule has 23 nitrogen and oxygen atoms in total. The molecule has 0 aromatic heterocycles. The topological polar surface area (TPSA) is 308 Å². The Hall–Kier alpha value is -6.19. The molecule has 4 fully saturated rings. The van der Waals surface area contributed by atoms with Crippen molar-refractivity contribution in [2.45, 2.75) is 137 Å². The number of amides is 4. The molecule has 1 aliphatic heterocycles. The smallest absolute Gasteiger partial charge is 0.411 e. The lowest BCUT2D eigenvalue weighted by Gasteiger charge is -2.20. The van der Waals surface area contributed by atoms with Crippen LogP contribution in [0.2, 0.25) is 0 Å². The molecule has 3 saturated carbocycles. The van der Waals surface area contributed by atoms with Crippen molar-refractivity contribution in [1.29, 1.82) is 0 Å². The summed E-state index contributed by atoms with van der Waals surface area (Å²) in [7, 11) is -9.65. The van der Waals surface area contributed by atoms with E-state index in [4.69, 9.17) is 33.5 Å². The third-order valence-corrected chi connectivity index (χ3v) is 20.5. The lowest BCUT2D eigenvalue weighted by atomic mass is 10.0. The first-order valence-electron chi connectivity index (χ1n) is 31.9. The molecule has 7 rings (SSSR count). The number of aliphatic hydroxyl groups is 1. The molecular formula is C66H99N3O20S3. The number of imide groups is 1. The number of ether oxygens (including phenoxy) is 7. The number of nitrogens with one attached hydrogen (secondary N) is 1. The fourth-order valence-electron chi connectivity index (χ4n) is 9.05. The second-order valence-electron chi connectivity index (χ2n) is 24.0. The number of ketones is 2. The van der Waals surface area contributed by atoms with Gasteiger partial charge in [-0.25, -0.2) is 34.8 Å². The van der Waals surface area contributed by atoms with Gasteiger partial charge in [-0.1, -0.05) is 57.2 Å². The minimum absolute atomic E-state index is 0.0126. The predicted molar refractivity (Wildman–Crippen MR) is 349 cm³/mol. The highest BCUT2D eigenvalue weighted by Gasteiger charge is 2.28. The lowest BCUT2D eigenvalue weighted by molar-refractivity contribution is -0.144. The summed E-state index contributed by atoms with van der Waals surface area (Å²) in [5.41, 5.74) is 2.87. The molecule has 1 heterocycles. The van der Waals surface area contributed by atoms with Crippen LogP contribution in [0.1, 0.15) is 154 Å². The second-order valence-corrected chi connectivity index (χ2v) is 30.7. The summed E-state index contributed by atoms with van der Waals surface area (Å²) >= 11 is 0. The van der Waals surface area contributed by atoms with Crippen molar-refractivity contribution >= 4 is 65.1 Å². The molecule has 3 aromatic rings. The van der Waals surface area contributed by atoms with Gasteiger partial charge in [-0.05, 0) is 174 Å². The van der Waals surface area contributed by atoms with Crippen LogP contribution in [-0.2, 0) is 67.6 Å². The van der Waals surface area contributed by atoms with Crippen LogP contribution in [0.15, 0.2) is 72.8 Å². The van der Waals surface area contributed by atoms with Crippen molar-refractivity contribution in [3.8, 4) is 17.2 Å². The monoisotopic (exact) mass is 1350 g/mol. The molecule has 0 unspecified atom stereocenters. The maximum Gasteiger partial charge on any atom is 0.411 e. The molecule has 2 N–H and O–H groups in total. The Kier molecular flexibility index (Phi) is 34.7. The number of sulfone groups is 3. The second kappa shape index (κ2) is 40.8. The fourth-order valence-corrected chi connectivity index (χ4v) is 14.1. The summed E-state index contributed by atoms with van der Waals surface area (Å²) in [6.07, 6.45) is 8.19. The molecule has 26 heteroatoms. The van der Waals surface area contributed by atoms with Crippen LogP contribution in [0.5, 0.6) is 17.2 Å². The van der Waals surface area contributed by atoms with Gasteiger partial charge in [-0.15, -0.1) is 0 Å². The molecule has 3 aliphatic carbocycles. The summed E-state index contributed by atoms with van der Waals surface area (Å²) in [4.78, 5) is 68.9. The maximum atomic E-state index is 12.5. The van der Waals surface area contributed by atoms with Crippen molar-refractivity contribution in [2.24, 2.45) is 17.8 Å². The molecule has 516 valence electrons. The van der Waals surface area contributed by atoms with E-state index in [1.807, 2.05) is 93.6 Å². The van der Waals surface area contributed by atoms with Gasteiger partial charge in [0.1, 0.15) is 48.8 Å². The van der Waals surface area contributed by atoms with E-state index in [0.717, 1.165) is 58.7 Å². The third kappa shape index (κ3) is 34.6. The summed E-state index contributed by atoms with van der Waals surface area (Å²) in [6, 6.07) is 22.5. The Bertz CT molecular complexity index is 3130. The standard InChI is InChI=1S/C23H35NO7S.C20H28N2O6S.C16H24O4S.C7H12O3/c1-4-30-23(26)24(14-19(3)25)17-29-11-6-12-32(27,28)16-18(2)21-7-5-8-22(13-21)31-15-20-9-10-20;1-15(17-4-2-5-18(10-17)28-12-16-6-7-16)13-29(25,26)9-3-8-27-14-22-11-19(23)21-20(22)24;1-13(12-21(18,19)9-3-8-17)15-4-2-5-16(10-15)20-11-14-6-7-14;1-3-10-7(9)5-4-6(2)8/h5,7-8,13,18,20H,4,6,9-12,14-17H2,1-3H3;2,4-5,10,15-16H,3,6-9,11-14H2,1H3,(H,21,23,24);2,4-5,10,13-14,17H,3,6-9,11-12H2,1H3;3-5H2,1-2H3/t18-;15-;13-;/m000./s1. The van der Waals surface area contributed by atoms with Gasteiger partial charge >= 0.3 is 18.1 Å². The van der Waals surface area contributed by atoms with Crippen LogP contribution >= 0.6 is 0 Å². The number of esters is 1. The number of benzene rings is 3. The number of rotatable bonds is 40. The van der Waals surface area contributed by atoms with Gasteiger partial charge in [0.25, 0.3) is 0 Å². The molecule has 0 spiro atoms. The van der Waals surface area contributed by atoms with Gasteiger partial charge in [-0.2, -0.15) is 0 Å². The molecule has 3 atom stereocenters. The summed E-state index contributed by atoms with van der Waals surface area (Å²) in [5.74, 6) is 3.48. The number of hydrogen-bond acceptors (Lipinski definition) is 20. The van der Waals surface area contributed by atoms with Crippen LogP contribution in [0.3, 0.4) is 0 Å². The van der Waals surface area contributed by atoms with Crippen molar-refractivity contribution in [3.63, 3.8) is 0 Å². The van der Waals surface area contributed by atoms with Crippen molar-refractivity contribution in [2.75, 3.05) is 114 Å². The van der Waals surface area contributed by atoms with E-state index in [9.17, 15) is 54.0 Å². The molecule has 0 radical (unpaired) electrons. The van der Waals surface area contributed by atoms with Gasteiger partial charge < -0.3 is 43.1 Å². The quantitative estimate of drug-likeness (QED) is 0.0233. The Morgan fingerprint density at radius 3 is 1.36 bits per heavy atom. The summed E-state index contributed by atoms with van der Waals surface area (Å²) < 4.78 is 111. The highest BCUT2D eigenvalue weighted by Crippen LogP contribution is 2.33. The first-order chi connectivity index (χ1) is 43.7. The van der Waals surface area contributed by atoms with Crippen LogP contribution in [0.25, 0.3) is 0 Å². The minimum atomic E-state index is -3.28. The minimum Gasteiger partial charge on any atom is -0.493 e. The van der Waals surface area contributed by atoms with Crippen molar-refractivity contribution < 1.29 is 92.3 Å². The largest absolute Gasteiger partial charge is 0.493 e. The average Bonchev–Trinajstić information content (AvgIpc) is 2.11. The van der Waals surface area contributed by atoms with Gasteiger partial charge in [-0.3, -0.25) is 29.5 Å². The fraction of sp³-hybridized carbons (Fsp3) is 0.636. The van der Waals surface area contributed by atoms with Crippen LogP contribution in [0, 0.1) is 17.8 Å². The van der Waals surface area contributed by atoms with Gasteiger partial charge in [0.05, 0.1) is 80.5 Å². The Morgan fingerprint density at radius 2 is 1.00 bits per heavy atom. The number of Topliss-reactive ketones (excluding diaryl/α,β-unsaturated/α-hetero) is 2. The van der Waals surface area contributed by atoms with E-state index in [0.29, 0.717) is 50.0 Å². The number of carbonyl (C=O) groups is 6. The number of hydrogen-bond donors (Lipinski definition) is 2. The Labute approximate surface area is 545 Å². The molecular weight excluding hydrogens is 1250 g/mol. The van der Waals surface area contributed by atoms with Gasteiger partial charge in [0.2, 0.25) is 5.91 Å². The van der Waals surface area contributed by atoms with E-state index >= 15 is 0 Å². The summed E-state index contributed by atoms with van der Waals surface area (Å²) in [5, 5.41) is 10.9. The van der Waals surface area contributed by atoms with E-state index in [-0.39, 0.29) is 135 Å². The maximum absolute atomic E-state index is 12.5. The summed E-state index contributed by atoms with van der Waals surface area (Å²) in [6.45, 7) is 14.7. The molecule has 1 saturated heterocycles. The van der Waals surface area contributed by atoms with E-state index < -0.39 is 41.6 Å². The number of aliphatic hydroxyl groups excluding tert-OH is 1. The normalized spacial score (nSPS) is 15.5. The van der Waals surface area contributed by atoms with Crippen molar-refractivity contribution in [1.82, 2.24) is 15.1 Å². The number of carbonyl (C=O) groups excluding carboxylic acids is 6. The zero-order valence-corrected chi connectivity index (χ0v) is 57.2. The highest BCUT2D eigenvalue weighted by atomic mass is 32.2. The van der Waals surface area contributed by atoms with Crippen LogP contribution in [0.4, 0.5) is 9.59 Å². The SMILES string of the molecule is CCOC(=O)CCC(C)=O.CCOC(=O)N(COCCCS(=O)(=O)C[C@H](C)c1cccc(OCC2CC2)c1)CC(C)=O.C[C@@H](CS(=O)(=O)CCCO)c1cccc(OCC2CC2)c1.C[C@@H](CS(=O)(=O)CCCOCN1CC(=O)NC1=O)c1cccc(OCC2CC2)c1. The lowest BCUT2D eigenvalue weighted by Crippen LogP contribution is -2.37.